The molecule has 0 bridgehead atoms. The van der Waals surface area contributed by atoms with Crippen molar-refractivity contribution in [2.75, 3.05) is 13.7 Å². The van der Waals surface area contributed by atoms with E-state index in [9.17, 15) is 14.4 Å². The Morgan fingerprint density at radius 3 is 2.80 bits per heavy atom. The van der Waals surface area contributed by atoms with Gasteiger partial charge in [-0.05, 0) is 42.5 Å². The molecule has 3 aliphatic rings. The predicted octanol–water partition coefficient (Wildman–Crippen LogP) is 0.492. The minimum absolute atomic E-state index is 0.179. The van der Waals surface area contributed by atoms with Crippen LogP contribution in [0.15, 0.2) is 6.07 Å². The van der Waals surface area contributed by atoms with E-state index in [0.717, 1.165) is 42.6 Å². The van der Waals surface area contributed by atoms with Crippen LogP contribution in [0.1, 0.15) is 46.3 Å². The third-order valence-electron chi connectivity index (χ3n) is 5.26. The number of hydrogen-bond donors (Lipinski definition) is 2. The monoisotopic (exact) mass is 343 g/mol. The normalized spacial score (nSPS) is 23.0. The number of carbonyl (C=O) groups is 3. The molecule has 7 heteroatoms. The van der Waals surface area contributed by atoms with Crippen molar-refractivity contribution in [2.45, 2.75) is 44.8 Å². The van der Waals surface area contributed by atoms with Gasteiger partial charge in [-0.25, -0.2) is 0 Å². The van der Waals surface area contributed by atoms with Crippen LogP contribution in [-0.2, 0) is 29.1 Å². The molecular formula is C18H21N3O4. The second kappa shape index (κ2) is 6.15. The molecule has 0 saturated carbocycles. The number of benzene rings is 1. The molecule has 1 atom stereocenters. The van der Waals surface area contributed by atoms with E-state index in [1.165, 1.54) is 0 Å². The molecule has 132 valence electrons. The van der Waals surface area contributed by atoms with Gasteiger partial charge in [0.15, 0.2) is 0 Å². The molecule has 1 fully saturated rings. The number of imide groups is 1. The average Bonchev–Trinajstić information content (AvgIpc) is 2.77. The van der Waals surface area contributed by atoms with Crippen molar-refractivity contribution in [3.63, 3.8) is 0 Å². The smallest absolute Gasteiger partial charge is 0.258 e. The van der Waals surface area contributed by atoms with Crippen LogP contribution in [0.3, 0.4) is 0 Å². The molecule has 7 nitrogen and oxygen atoms in total. The molecule has 3 heterocycles. The van der Waals surface area contributed by atoms with Crippen molar-refractivity contribution in [1.82, 2.24) is 15.5 Å². The van der Waals surface area contributed by atoms with Crippen LogP contribution in [0.4, 0.5) is 0 Å². The van der Waals surface area contributed by atoms with Crippen LogP contribution in [-0.4, -0.2) is 42.3 Å². The van der Waals surface area contributed by atoms with Gasteiger partial charge in [-0.1, -0.05) is 6.07 Å². The van der Waals surface area contributed by atoms with Gasteiger partial charge in [0.05, 0.1) is 12.7 Å². The lowest BCUT2D eigenvalue weighted by atomic mass is 9.96. The molecular weight excluding hydrogens is 322 g/mol. The summed E-state index contributed by atoms with van der Waals surface area (Å²) in [5.74, 6) is -0.197. The van der Waals surface area contributed by atoms with E-state index >= 15 is 0 Å². The Balaban J connectivity index is 1.72. The Labute approximate surface area is 145 Å². The van der Waals surface area contributed by atoms with Crippen molar-refractivity contribution >= 4 is 17.7 Å². The fourth-order valence-corrected chi connectivity index (χ4v) is 4.07. The molecule has 0 aliphatic carbocycles. The Kier molecular flexibility index (Phi) is 3.95. The van der Waals surface area contributed by atoms with E-state index < -0.39 is 6.04 Å². The molecule has 0 radical (unpaired) electrons. The SMILES string of the molecule is COc1c2c(cc3c1C(=O)N(C1CCC(=O)NC1=O)C3)CNCCC2. The highest BCUT2D eigenvalue weighted by atomic mass is 16.5. The average molecular weight is 343 g/mol. The first-order chi connectivity index (χ1) is 12.1. The molecule has 1 saturated heterocycles. The summed E-state index contributed by atoms with van der Waals surface area (Å²) in [5.41, 5.74) is 3.72. The van der Waals surface area contributed by atoms with Crippen LogP contribution < -0.4 is 15.4 Å². The summed E-state index contributed by atoms with van der Waals surface area (Å²) in [5, 5.41) is 5.72. The van der Waals surface area contributed by atoms with Gasteiger partial charge in [-0.2, -0.15) is 0 Å². The number of carbonyl (C=O) groups excluding carboxylic acids is 3. The third-order valence-corrected chi connectivity index (χ3v) is 5.26. The van der Waals surface area contributed by atoms with Crippen LogP contribution in [0.2, 0.25) is 0 Å². The highest BCUT2D eigenvalue weighted by molar-refractivity contribution is 6.06. The lowest BCUT2D eigenvalue weighted by Crippen LogP contribution is -2.52. The number of ether oxygens (including phenoxy) is 1. The molecule has 0 aromatic heterocycles. The zero-order valence-electron chi connectivity index (χ0n) is 14.2. The molecule has 3 aliphatic heterocycles. The minimum atomic E-state index is -0.597. The Morgan fingerprint density at radius 1 is 1.20 bits per heavy atom. The largest absolute Gasteiger partial charge is 0.496 e. The second-order valence-corrected chi connectivity index (χ2v) is 6.76. The van der Waals surface area contributed by atoms with Crippen LogP contribution >= 0.6 is 0 Å². The molecule has 4 rings (SSSR count). The Hall–Kier alpha value is -2.41. The summed E-state index contributed by atoms with van der Waals surface area (Å²) < 4.78 is 5.63. The van der Waals surface area contributed by atoms with Crippen LogP contribution in [0, 0.1) is 0 Å². The molecule has 1 unspecified atom stereocenters. The van der Waals surface area contributed by atoms with Crippen molar-refractivity contribution < 1.29 is 19.1 Å². The summed E-state index contributed by atoms with van der Waals surface area (Å²) in [4.78, 5) is 38.2. The number of methoxy groups -OCH3 is 1. The topological polar surface area (TPSA) is 87.7 Å². The Morgan fingerprint density at radius 2 is 2.04 bits per heavy atom. The first kappa shape index (κ1) is 16.1. The number of fused-ring (bicyclic) bond motifs is 2. The van der Waals surface area contributed by atoms with Gasteiger partial charge in [0.25, 0.3) is 5.91 Å². The van der Waals surface area contributed by atoms with E-state index in [2.05, 4.69) is 16.7 Å². The van der Waals surface area contributed by atoms with Crippen molar-refractivity contribution in [2.24, 2.45) is 0 Å². The van der Waals surface area contributed by atoms with Gasteiger partial charge in [0.2, 0.25) is 11.8 Å². The summed E-state index contributed by atoms with van der Waals surface area (Å²) >= 11 is 0. The molecule has 25 heavy (non-hydrogen) atoms. The summed E-state index contributed by atoms with van der Waals surface area (Å²) in [6.45, 7) is 2.08. The van der Waals surface area contributed by atoms with Crippen molar-refractivity contribution in [1.29, 1.82) is 0 Å². The maximum atomic E-state index is 13.0. The second-order valence-electron chi connectivity index (χ2n) is 6.76. The van der Waals surface area contributed by atoms with E-state index in [1.807, 2.05) is 0 Å². The lowest BCUT2D eigenvalue weighted by molar-refractivity contribution is -0.136. The number of hydrogen-bond acceptors (Lipinski definition) is 5. The standard InChI is InChI=1S/C18H21N3O4/c1-25-16-12-3-2-6-19-8-10(12)7-11-9-21(18(24)15(11)16)13-4-5-14(22)20-17(13)23/h7,13,19H,2-6,8-9H2,1H3,(H,20,22,23). The van der Waals surface area contributed by atoms with Gasteiger partial charge < -0.3 is 15.0 Å². The number of nitrogens with zero attached hydrogens (tertiary/aromatic N) is 1. The summed E-state index contributed by atoms with van der Waals surface area (Å²) in [6.07, 6.45) is 2.49. The van der Waals surface area contributed by atoms with Crippen LogP contribution in [0.5, 0.6) is 5.75 Å². The number of piperidine rings is 1. The maximum Gasteiger partial charge on any atom is 0.258 e. The number of rotatable bonds is 2. The van der Waals surface area contributed by atoms with Gasteiger partial charge in [-0.15, -0.1) is 0 Å². The molecule has 3 amide bonds. The number of amides is 3. The highest BCUT2D eigenvalue weighted by Gasteiger charge is 2.41. The molecule has 0 spiro atoms. The van der Waals surface area contributed by atoms with Gasteiger partial charge in [0.1, 0.15) is 11.8 Å². The fraction of sp³-hybridized carbons (Fsp3) is 0.500. The predicted molar refractivity (Wildman–Crippen MR) is 89.1 cm³/mol. The Bertz CT molecular complexity index is 774. The molecule has 1 aromatic carbocycles. The van der Waals surface area contributed by atoms with Gasteiger partial charge in [-0.3, -0.25) is 19.7 Å². The third kappa shape index (κ3) is 2.59. The van der Waals surface area contributed by atoms with Gasteiger partial charge >= 0.3 is 0 Å². The first-order valence-corrected chi connectivity index (χ1v) is 8.67. The molecule has 1 aromatic rings. The highest BCUT2D eigenvalue weighted by Crippen LogP contribution is 2.39. The first-order valence-electron chi connectivity index (χ1n) is 8.67. The fourth-order valence-electron chi connectivity index (χ4n) is 4.07. The molecule has 2 N–H and O–H groups in total. The summed E-state index contributed by atoms with van der Waals surface area (Å²) in [6, 6.07) is 1.47. The van der Waals surface area contributed by atoms with E-state index in [4.69, 9.17) is 4.74 Å². The summed E-state index contributed by atoms with van der Waals surface area (Å²) in [7, 11) is 1.59. The zero-order valence-corrected chi connectivity index (χ0v) is 14.2. The zero-order chi connectivity index (χ0) is 17.6. The van der Waals surface area contributed by atoms with E-state index in [1.54, 1.807) is 12.0 Å². The maximum absolute atomic E-state index is 13.0. The quantitative estimate of drug-likeness (QED) is 0.763. The minimum Gasteiger partial charge on any atom is -0.496 e. The van der Waals surface area contributed by atoms with Crippen molar-refractivity contribution in [3.05, 3.63) is 28.3 Å². The van der Waals surface area contributed by atoms with Gasteiger partial charge in [0, 0.05) is 19.5 Å². The van der Waals surface area contributed by atoms with E-state index in [0.29, 0.717) is 24.3 Å². The number of nitrogens with one attached hydrogen (secondary N) is 2. The van der Waals surface area contributed by atoms with Crippen molar-refractivity contribution in [3.8, 4) is 5.75 Å². The lowest BCUT2D eigenvalue weighted by Gasteiger charge is -2.29. The van der Waals surface area contributed by atoms with E-state index in [-0.39, 0.29) is 24.1 Å². The van der Waals surface area contributed by atoms with Crippen LogP contribution in [0.25, 0.3) is 0 Å².